The standard InChI is InChI=1S/C7H11NO2S/c1-3-6(8)5(4-11)7(9)10-2/h4H,3,8H2,1-2H3/b6-5-. The van der Waals surface area contributed by atoms with Crippen LogP contribution < -0.4 is 5.73 Å². The fraction of sp³-hybridized carbons (Fsp3) is 0.429. The van der Waals surface area contributed by atoms with E-state index < -0.39 is 5.97 Å². The number of hydrogen-bond donors (Lipinski definition) is 1. The third-order valence-corrected chi connectivity index (χ3v) is 1.49. The van der Waals surface area contributed by atoms with Gasteiger partial charge in [-0.15, -0.1) is 0 Å². The number of ether oxygens (including phenoxy) is 1. The zero-order chi connectivity index (χ0) is 8.85. The summed E-state index contributed by atoms with van der Waals surface area (Å²) in [6.45, 7) is 1.84. The summed E-state index contributed by atoms with van der Waals surface area (Å²) < 4.78 is 4.45. The smallest absolute Gasteiger partial charge is 0.340 e. The fourth-order valence-corrected chi connectivity index (χ4v) is 0.803. The molecule has 62 valence electrons. The van der Waals surface area contributed by atoms with Gasteiger partial charge in [0, 0.05) is 11.1 Å². The molecule has 0 radical (unpaired) electrons. The minimum atomic E-state index is -0.473. The first-order valence-electron chi connectivity index (χ1n) is 3.19. The number of hydrogen-bond acceptors (Lipinski definition) is 4. The van der Waals surface area contributed by atoms with Crippen molar-refractivity contribution in [3.63, 3.8) is 0 Å². The number of methoxy groups -OCH3 is 1. The molecule has 0 heterocycles. The van der Waals surface area contributed by atoms with E-state index in [4.69, 9.17) is 5.73 Å². The minimum Gasteiger partial charge on any atom is -0.465 e. The van der Waals surface area contributed by atoms with Gasteiger partial charge >= 0.3 is 5.97 Å². The van der Waals surface area contributed by atoms with Crippen molar-refractivity contribution in [3.8, 4) is 0 Å². The maximum atomic E-state index is 10.9. The van der Waals surface area contributed by atoms with Crippen LogP contribution in [-0.2, 0) is 9.53 Å². The maximum absolute atomic E-state index is 10.9. The molecule has 0 aliphatic rings. The number of thiocarbonyl (C=S) groups is 1. The largest absolute Gasteiger partial charge is 0.465 e. The van der Waals surface area contributed by atoms with Crippen molar-refractivity contribution in [2.75, 3.05) is 7.11 Å². The molecular formula is C7H11NO2S. The van der Waals surface area contributed by atoms with Gasteiger partial charge in [-0.25, -0.2) is 4.79 Å². The van der Waals surface area contributed by atoms with Gasteiger partial charge in [-0.3, -0.25) is 0 Å². The van der Waals surface area contributed by atoms with Gasteiger partial charge in [0.2, 0.25) is 0 Å². The van der Waals surface area contributed by atoms with Crippen LogP contribution in [0.5, 0.6) is 0 Å². The predicted octanol–water partition coefficient (Wildman–Crippen LogP) is 0.782. The first-order chi connectivity index (χ1) is 5.17. The van der Waals surface area contributed by atoms with Crippen LogP contribution in [0.3, 0.4) is 0 Å². The van der Waals surface area contributed by atoms with E-state index in [-0.39, 0.29) is 5.57 Å². The van der Waals surface area contributed by atoms with Gasteiger partial charge in [-0.2, -0.15) is 0 Å². The number of rotatable bonds is 3. The summed E-state index contributed by atoms with van der Waals surface area (Å²) in [7, 11) is 1.30. The first-order valence-corrected chi connectivity index (χ1v) is 3.66. The Balaban J connectivity index is 4.64. The Labute approximate surface area is 71.2 Å². The second-order valence-corrected chi connectivity index (χ2v) is 2.14. The van der Waals surface area contributed by atoms with Gasteiger partial charge in [0.15, 0.2) is 0 Å². The Kier molecular flexibility index (Phi) is 4.45. The summed E-state index contributed by atoms with van der Waals surface area (Å²) in [5, 5.41) is 1.24. The van der Waals surface area contributed by atoms with Crippen LogP contribution >= 0.6 is 12.2 Å². The van der Waals surface area contributed by atoms with E-state index in [1.54, 1.807) is 0 Å². The highest BCUT2D eigenvalue weighted by atomic mass is 32.1. The molecule has 0 aromatic carbocycles. The molecule has 0 aliphatic carbocycles. The molecule has 0 spiro atoms. The van der Waals surface area contributed by atoms with E-state index in [9.17, 15) is 4.79 Å². The summed E-state index contributed by atoms with van der Waals surface area (Å²) in [5.41, 5.74) is 6.23. The zero-order valence-electron chi connectivity index (χ0n) is 6.59. The highest BCUT2D eigenvalue weighted by Gasteiger charge is 2.09. The molecule has 0 rings (SSSR count). The Hall–Kier alpha value is -0.900. The van der Waals surface area contributed by atoms with Crippen LogP contribution in [0.15, 0.2) is 11.3 Å². The summed E-state index contributed by atoms with van der Waals surface area (Å²) in [5.74, 6) is -0.473. The van der Waals surface area contributed by atoms with Crippen LogP contribution in [0.1, 0.15) is 13.3 Å². The van der Waals surface area contributed by atoms with Gasteiger partial charge in [-0.1, -0.05) is 19.1 Å². The summed E-state index contributed by atoms with van der Waals surface area (Å²) in [6.07, 6.45) is 0.595. The summed E-state index contributed by atoms with van der Waals surface area (Å²) >= 11 is 4.59. The normalized spacial score (nSPS) is 11.8. The minimum absolute atomic E-state index is 0.282. The van der Waals surface area contributed by atoms with E-state index in [2.05, 4.69) is 17.0 Å². The lowest BCUT2D eigenvalue weighted by atomic mass is 10.2. The number of esters is 1. The zero-order valence-corrected chi connectivity index (χ0v) is 7.40. The predicted molar refractivity (Wildman–Crippen MR) is 47.2 cm³/mol. The third-order valence-electron chi connectivity index (χ3n) is 1.25. The van der Waals surface area contributed by atoms with E-state index in [1.807, 2.05) is 6.92 Å². The SMILES string of the molecule is CC/C(N)=C(\C=S)C(=O)OC. The van der Waals surface area contributed by atoms with Crippen molar-refractivity contribution in [1.29, 1.82) is 0 Å². The molecule has 2 N–H and O–H groups in total. The van der Waals surface area contributed by atoms with Crippen molar-refractivity contribution in [2.45, 2.75) is 13.3 Å². The second-order valence-electron chi connectivity index (χ2n) is 1.90. The molecule has 0 unspecified atom stereocenters. The summed E-state index contributed by atoms with van der Waals surface area (Å²) in [4.78, 5) is 10.9. The molecule has 0 atom stereocenters. The van der Waals surface area contributed by atoms with Crippen molar-refractivity contribution in [2.24, 2.45) is 5.73 Å². The molecule has 0 aromatic rings. The lowest BCUT2D eigenvalue weighted by molar-refractivity contribution is -0.135. The topological polar surface area (TPSA) is 52.3 Å². The van der Waals surface area contributed by atoms with E-state index in [1.165, 1.54) is 12.5 Å². The molecule has 0 aromatic heterocycles. The fourth-order valence-electron chi connectivity index (χ4n) is 0.555. The quantitative estimate of drug-likeness (QED) is 0.389. The average molecular weight is 173 g/mol. The Morgan fingerprint density at radius 1 is 1.73 bits per heavy atom. The molecule has 0 amide bonds. The van der Waals surface area contributed by atoms with Gasteiger partial charge in [0.05, 0.1) is 12.7 Å². The van der Waals surface area contributed by atoms with Crippen LogP contribution in [0.25, 0.3) is 0 Å². The summed E-state index contributed by atoms with van der Waals surface area (Å²) in [6, 6.07) is 0. The van der Waals surface area contributed by atoms with E-state index in [0.29, 0.717) is 12.1 Å². The number of allylic oxidation sites excluding steroid dienone is 1. The molecule has 11 heavy (non-hydrogen) atoms. The van der Waals surface area contributed by atoms with Crippen molar-refractivity contribution in [1.82, 2.24) is 0 Å². The average Bonchev–Trinajstić information content (AvgIpc) is 2.05. The van der Waals surface area contributed by atoms with Gasteiger partial charge in [-0.05, 0) is 6.42 Å². The Bertz CT molecular complexity index is 199. The van der Waals surface area contributed by atoms with Crippen LogP contribution in [0.4, 0.5) is 0 Å². The lowest BCUT2D eigenvalue weighted by Gasteiger charge is -2.02. The van der Waals surface area contributed by atoms with Crippen LogP contribution in [0, 0.1) is 0 Å². The first kappa shape index (κ1) is 10.1. The number of carbonyl (C=O) groups excluding carboxylic acids is 1. The van der Waals surface area contributed by atoms with Gasteiger partial charge in [0.1, 0.15) is 0 Å². The molecule has 0 bridgehead atoms. The number of nitrogens with two attached hydrogens (primary N) is 1. The van der Waals surface area contributed by atoms with Crippen LogP contribution in [-0.4, -0.2) is 18.4 Å². The molecular weight excluding hydrogens is 162 g/mol. The highest BCUT2D eigenvalue weighted by Crippen LogP contribution is 2.02. The molecule has 0 aliphatic heterocycles. The Morgan fingerprint density at radius 2 is 2.27 bits per heavy atom. The molecule has 4 heteroatoms. The van der Waals surface area contributed by atoms with E-state index in [0.717, 1.165) is 0 Å². The van der Waals surface area contributed by atoms with E-state index >= 15 is 0 Å². The monoisotopic (exact) mass is 173 g/mol. The van der Waals surface area contributed by atoms with Crippen molar-refractivity contribution >= 4 is 23.6 Å². The van der Waals surface area contributed by atoms with Crippen molar-refractivity contribution in [3.05, 3.63) is 11.3 Å². The Morgan fingerprint density at radius 3 is 2.55 bits per heavy atom. The van der Waals surface area contributed by atoms with Crippen LogP contribution in [0.2, 0.25) is 0 Å². The maximum Gasteiger partial charge on any atom is 0.340 e. The van der Waals surface area contributed by atoms with Gasteiger partial charge < -0.3 is 10.5 Å². The number of carbonyl (C=O) groups is 1. The second kappa shape index (κ2) is 4.85. The van der Waals surface area contributed by atoms with Gasteiger partial charge in [0.25, 0.3) is 0 Å². The highest BCUT2D eigenvalue weighted by molar-refractivity contribution is 7.79. The lowest BCUT2D eigenvalue weighted by Crippen LogP contribution is -2.12. The molecule has 0 saturated heterocycles. The van der Waals surface area contributed by atoms with Crippen molar-refractivity contribution < 1.29 is 9.53 Å². The third kappa shape index (κ3) is 2.67. The molecule has 3 nitrogen and oxygen atoms in total. The molecule has 0 fully saturated rings. The molecule has 0 saturated carbocycles.